The van der Waals surface area contributed by atoms with Gasteiger partial charge in [0.2, 0.25) is 0 Å². The lowest BCUT2D eigenvalue weighted by molar-refractivity contribution is 0.0784. The number of aryl methyl sites for hydroxylation is 1. The maximum Gasteiger partial charge on any atom is 0.253 e. The summed E-state index contributed by atoms with van der Waals surface area (Å²) in [5.41, 5.74) is 3.19. The minimum atomic E-state index is -0.765. The Balaban J connectivity index is 1.67. The lowest BCUT2D eigenvalue weighted by atomic mass is 10.1. The Hall–Kier alpha value is -3.22. The number of ether oxygens (including phenoxy) is 1. The Morgan fingerprint density at radius 1 is 1.21 bits per heavy atom. The molecule has 0 aliphatic heterocycles. The molecule has 3 rings (SSSR count). The topological polar surface area (TPSA) is 47.4 Å². The molecule has 0 saturated carbocycles. The van der Waals surface area contributed by atoms with Crippen molar-refractivity contribution in [3.05, 3.63) is 82.7 Å². The lowest BCUT2D eigenvalue weighted by Crippen LogP contribution is -2.26. The molecular weight excluding hydrogens is 364 g/mol. The molecule has 5 nitrogen and oxygen atoms in total. The van der Waals surface area contributed by atoms with Crippen molar-refractivity contribution in [1.29, 1.82) is 0 Å². The van der Waals surface area contributed by atoms with Crippen molar-refractivity contribution in [3.63, 3.8) is 0 Å². The van der Waals surface area contributed by atoms with E-state index in [2.05, 4.69) is 5.10 Å². The third-order valence-electron chi connectivity index (χ3n) is 4.55. The van der Waals surface area contributed by atoms with Crippen LogP contribution in [0.5, 0.6) is 5.75 Å². The molecule has 0 spiro atoms. The SMILES string of the molecule is Cc1c(CN(C)C(=O)c2cccc(COc3ccc(F)cc3F)c2)cnn1C. The Morgan fingerprint density at radius 3 is 2.68 bits per heavy atom. The highest BCUT2D eigenvalue weighted by Crippen LogP contribution is 2.20. The van der Waals surface area contributed by atoms with E-state index >= 15 is 0 Å². The van der Waals surface area contributed by atoms with E-state index in [1.165, 1.54) is 6.07 Å². The predicted octanol–water partition coefficient (Wildman–Crippen LogP) is 3.86. The van der Waals surface area contributed by atoms with Crippen LogP contribution in [0.3, 0.4) is 0 Å². The monoisotopic (exact) mass is 385 g/mol. The summed E-state index contributed by atoms with van der Waals surface area (Å²) >= 11 is 0. The number of hydrogen-bond acceptors (Lipinski definition) is 3. The van der Waals surface area contributed by atoms with Crippen LogP contribution in [0.25, 0.3) is 0 Å². The van der Waals surface area contributed by atoms with Gasteiger partial charge in [0, 0.05) is 43.5 Å². The van der Waals surface area contributed by atoms with Gasteiger partial charge in [-0.3, -0.25) is 9.48 Å². The highest BCUT2D eigenvalue weighted by Gasteiger charge is 2.15. The van der Waals surface area contributed by atoms with Gasteiger partial charge >= 0.3 is 0 Å². The number of aromatic nitrogens is 2. The maximum atomic E-state index is 13.7. The van der Waals surface area contributed by atoms with Crippen LogP contribution in [0.2, 0.25) is 0 Å². The van der Waals surface area contributed by atoms with E-state index in [1.807, 2.05) is 14.0 Å². The van der Waals surface area contributed by atoms with E-state index in [9.17, 15) is 13.6 Å². The number of nitrogens with zero attached hydrogens (tertiary/aromatic N) is 3. The number of halogens is 2. The molecule has 1 heterocycles. The van der Waals surface area contributed by atoms with Crippen molar-refractivity contribution in [2.24, 2.45) is 7.05 Å². The van der Waals surface area contributed by atoms with E-state index in [0.717, 1.165) is 23.4 Å². The molecule has 0 aliphatic rings. The van der Waals surface area contributed by atoms with Crippen LogP contribution >= 0.6 is 0 Å². The summed E-state index contributed by atoms with van der Waals surface area (Å²) < 4.78 is 33.8. The Bertz CT molecular complexity index is 1000. The van der Waals surface area contributed by atoms with Gasteiger partial charge in [-0.1, -0.05) is 12.1 Å². The highest BCUT2D eigenvalue weighted by atomic mass is 19.1. The van der Waals surface area contributed by atoms with Gasteiger partial charge in [0.1, 0.15) is 12.4 Å². The van der Waals surface area contributed by atoms with E-state index in [1.54, 1.807) is 47.1 Å². The fourth-order valence-corrected chi connectivity index (χ4v) is 2.79. The van der Waals surface area contributed by atoms with Crippen molar-refractivity contribution in [2.75, 3.05) is 7.05 Å². The maximum absolute atomic E-state index is 13.7. The lowest BCUT2D eigenvalue weighted by Gasteiger charge is -2.17. The zero-order valence-corrected chi connectivity index (χ0v) is 15.9. The molecule has 0 fully saturated rings. The van der Waals surface area contributed by atoms with Gasteiger partial charge < -0.3 is 9.64 Å². The van der Waals surface area contributed by atoms with Crippen molar-refractivity contribution in [2.45, 2.75) is 20.1 Å². The van der Waals surface area contributed by atoms with Crippen LogP contribution in [0.1, 0.15) is 27.2 Å². The first-order chi connectivity index (χ1) is 13.3. The Kier molecular flexibility index (Phi) is 5.73. The fraction of sp³-hybridized carbons (Fsp3) is 0.238. The summed E-state index contributed by atoms with van der Waals surface area (Å²) in [7, 11) is 3.58. The number of rotatable bonds is 6. The van der Waals surface area contributed by atoms with E-state index in [4.69, 9.17) is 4.74 Å². The second-order valence-electron chi connectivity index (χ2n) is 6.60. The molecule has 1 amide bonds. The zero-order valence-electron chi connectivity index (χ0n) is 15.9. The van der Waals surface area contributed by atoms with Crippen molar-refractivity contribution >= 4 is 5.91 Å². The molecule has 0 N–H and O–H groups in total. The van der Waals surface area contributed by atoms with Crippen LogP contribution < -0.4 is 4.74 Å². The van der Waals surface area contributed by atoms with E-state index in [0.29, 0.717) is 17.7 Å². The summed E-state index contributed by atoms with van der Waals surface area (Å²) in [6.07, 6.45) is 1.75. The van der Waals surface area contributed by atoms with Crippen LogP contribution in [0.4, 0.5) is 8.78 Å². The average Bonchev–Trinajstić information content (AvgIpc) is 2.99. The third-order valence-corrected chi connectivity index (χ3v) is 4.55. The molecule has 0 radical (unpaired) electrons. The van der Waals surface area contributed by atoms with Crippen LogP contribution in [-0.4, -0.2) is 27.6 Å². The molecule has 0 aliphatic carbocycles. The van der Waals surface area contributed by atoms with Gasteiger partial charge in [-0.25, -0.2) is 8.78 Å². The standard InChI is InChI=1S/C21H21F2N3O2/c1-14-17(11-24-26(14)3)12-25(2)21(27)16-6-4-5-15(9-16)13-28-20-8-7-18(22)10-19(20)23/h4-11H,12-13H2,1-3H3. The first-order valence-electron chi connectivity index (χ1n) is 8.75. The number of benzene rings is 2. The molecule has 0 atom stereocenters. The number of carbonyl (C=O) groups excluding carboxylic acids is 1. The molecule has 146 valence electrons. The number of amides is 1. The summed E-state index contributed by atoms with van der Waals surface area (Å²) in [6, 6.07) is 10.1. The molecule has 0 unspecified atom stereocenters. The average molecular weight is 385 g/mol. The quantitative estimate of drug-likeness (QED) is 0.647. The largest absolute Gasteiger partial charge is 0.486 e. The number of hydrogen-bond donors (Lipinski definition) is 0. The van der Waals surface area contributed by atoms with Gasteiger partial charge in [0.15, 0.2) is 11.6 Å². The smallest absolute Gasteiger partial charge is 0.253 e. The van der Waals surface area contributed by atoms with E-state index < -0.39 is 11.6 Å². The van der Waals surface area contributed by atoms with Crippen molar-refractivity contribution < 1.29 is 18.3 Å². The second kappa shape index (κ2) is 8.21. The van der Waals surface area contributed by atoms with Crippen molar-refractivity contribution in [3.8, 4) is 5.75 Å². The second-order valence-corrected chi connectivity index (χ2v) is 6.60. The minimum Gasteiger partial charge on any atom is -0.486 e. The highest BCUT2D eigenvalue weighted by molar-refractivity contribution is 5.94. The molecule has 28 heavy (non-hydrogen) atoms. The van der Waals surface area contributed by atoms with Crippen LogP contribution in [0, 0.1) is 18.6 Å². The van der Waals surface area contributed by atoms with Gasteiger partial charge in [-0.2, -0.15) is 5.10 Å². The first kappa shape index (κ1) is 19.5. The van der Waals surface area contributed by atoms with Crippen LogP contribution in [-0.2, 0) is 20.2 Å². The normalized spacial score (nSPS) is 10.8. The summed E-state index contributed by atoms with van der Waals surface area (Å²) in [6.45, 7) is 2.46. The third kappa shape index (κ3) is 4.36. The first-order valence-corrected chi connectivity index (χ1v) is 8.75. The summed E-state index contributed by atoms with van der Waals surface area (Å²) in [5, 5.41) is 4.19. The summed E-state index contributed by atoms with van der Waals surface area (Å²) in [5.74, 6) is -1.61. The summed E-state index contributed by atoms with van der Waals surface area (Å²) in [4.78, 5) is 14.4. The molecule has 2 aromatic carbocycles. The van der Waals surface area contributed by atoms with Gasteiger partial charge in [0.05, 0.1) is 6.20 Å². The van der Waals surface area contributed by atoms with E-state index in [-0.39, 0.29) is 18.3 Å². The fourth-order valence-electron chi connectivity index (χ4n) is 2.79. The molecule has 1 aromatic heterocycles. The van der Waals surface area contributed by atoms with Gasteiger partial charge in [-0.15, -0.1) is 0 Å². The minimum absolute atomic E-state index is 0.0395. The molecular formula is C21H21F2N3O2. The van der Waals surface area contributed by atoms with Gasteiger partial charge in [0.25, 0.3) is 5.91 Å². The van der Waals surface area contributed by atoms with Crippen LogP contribution in [0.15, 0.2) is 48.7 Å². The molecule has 0 saturated heterocycles. The molecule has 3 aromatic rings. The Morgan fingerprint density at radius 2 is 2.00 bits per heavy atom. The molecule has 7 heteroatoms. The molecule has 0 bridgehead atoms. The predicted molar refractivity (Wildman–Crippen MR) is 101 cm³/mol. The Labute approximate surface area is 162 Å². The van der Waals surface area contributed by atoms with Crippen molar-refractivity contribution in [1.82, 2.24) is 14.7 Å². The zero-order chi connectivity index (χ0) is 20.3. The van der Waals surface area contributed by atoms with Gasteiger partial charge in [-0.05, 0) is 36.8 Å². The number of carbonyl (C=O) groups is 1.